The second kappa shape index (κ2) is 5.09. The van der Waals surface area contributed by atoms with E-state index in [2.05, 4.69) is 20.6 Å². The van der Waals surface area contributed by atoms with Gasteiger partial charge < -0.3 is 20.7 Å². The third-order valence-corrected chi connectivity index (χ3v) is 2.64. The van der Waals surface area contributed by atoms with Crippen LogP contribution in [0.4, 0.5) is 0 Å². The lowest BCUT2D eigenvalue weighted by Crippen LogP contribution is -2.41. The third kappa shape index (κ3) is 2.80. The molecule has 0 aromatic carbocycles. The fourth-order valence-corrected chi connectivity index (χ4v) is 1.78. The van der Waals surface area contributed by atoms with E-state index in [1.165, 1.54) is 0 Å². The molecular formula is C10H16N4O2. The van der Waals surface area contributed by atoms with Gasteiger partial charge in [0.05, 0.1) is 12.1 Å². The number of aliphatic hydroxyl groups excluding tert-OH is 1. The second-order valence-corrected chi connectivity index (χ2v) is 3.93. The average molecular weight is 224 g/mol. The van der Waals surface area contributed by atoms with Crippen LogP contribution in [-0.4, -0.2) is 46.2 Å². The van der Waals surface area contributed by atoms with E-state index in [4.69, 9.17) is 0 Å². The van der Waals surface area contributed by atoms with Gasteiger partial charge in [-0.1, -0.05) is 0 Å². The molecule has 6 nitrogen and oxygen atoms in total. The second-order valence-electron chi connectivity index (χ2n) is 3.93. The van der Waals surface area contributed by atoms with E-state index >= 15 is 0 Å². The number of imidazole rings is 1. The first-order chi connectivity index (χ1) is 7.75. The Morgan fingerprint density at radius 3 is 3.19 bits per heavy atom. The number of nitrogens with zero attached hydrogens (tertiary/aromatic N) is 1. The number of aromatic nitrogens is 2. The van der Waals surface area contributed by atoms with Crippen molar-refractivity contribution < 1.29 is 9.90 Å². The van der Waals surface area contributed by atoms with Crippen molar-refractivity contribution in [1.82, 2.24) is 20.6 Å². The van der Waals surface area contributed by atoms with Gasteiger partial charge >= 0.3 is 0 Å². The third-order valence-electron chi connectivity index (χ3n) is 2.64. The first-order valence-corrected chi connectivity index (χ1v) is 5.43. The number of nitrogens with one attached hydrogen (secondary N) is 3. The molecule has 2 heterocycles. The van der Waals surface area contributed by atoms with Gasteiger partial charge in [-0.3, -0.25) is 4.79 Å². The number of H-pyrrole nitrogens is 1. The quantitative estimate of drug-likeness (QED) is 0.516. The van der Waals surface area contributed by atoms with Crippen LogP contribution in [0.1, 0.15) is 12.2 Å². The van der Waals surface area contributed by atoms with Crippen LogP contribution in [0.25, 0.3) is 0 Å². The number of aliphatic hydroxyl groups is 1. The molecule has 88 valence electrons. The number of hydrogen-bond donors (Lipinski definition) is 4. The highest BCUT2D eigenvalue weighted by atomic mass is 16.3. The number of carbonyl (C=O) groups is 1. The fraction of sp³-hybridized carbons (Fsp3) is 0.600. The summed E-state index contributed by atoms with van der Waals surface area (Å²) >= 11 is 0. The number of β-amino-alcohol motifs (C(OH)–C–C–N with tert-alkyl or cyclic N) is 1. The van der Waals surface area contributed by atoms with Crippen molar-refractivity contribution in [2.75, 3.05) is 13.1 Å². The summed E-state index contributed by atoms with van der Waals surface area (Å²) in [6.45, 7) is 1.05. The van der Waals surface area contributed by atoms with Crippen LogP contribution in [0.15, 0.2) is 12.4 Å². The van der Waals surface area contributed by atoms with Crippen LogP contribution < -0.4 is 10.6 Å². The summed E-state index contributed by atoms with van der Waals surface area (Å²) in [5, 5.41) is 15.0. The first-order valence-electron chi connectivity index (χ1n) is 5.43. The van der Waals surface area contributed by atoms with Crippen LogP contribution in [0.3, 0.4) is 0 Å². The Kier molecular flexibility index (Phi) is 3.53. The number of rotatable bonds is 4. The van der Waals surface area contributed by atoms with Gasteiger partial charge in [0.15, 0.2) is 0 Å². The van der Waals surface area contributed by atoms with E-state index < -0.39 is 6.10 Å². The molecule has 1 aliphatic rings. The first kappa shape index (κ1) is 11.1. The molecule has 6 heteroatoms. The number of aromatic amines is 1. The monoisotopic (exact) mass is 224 g/mol. The van der Waals surface area contributed by atoms with Gasteiger partial charge in [-0.25, -0.2) is 4.98 Å². The van der Waals surface area contributed by atoms with Gasteiger partial charge in [0.1, 0.15) is 5.82 Å². The summed E-state index contributed by atoms with van der Waals surface area (Å²) in [6.07, 6.45) is 4.22. The highest BCUT2D eigenvalue weighted by Crippen LogP contribution is 2.05. The van der Waals surface area contributed by atoms with Crippen molar-refractivity contribution in [3.63, 3.8) is 0 Å². The van der Waals surface area contributed by atoms with E-state index in [1.54, 1.807) is 12.4 Å². The van der Waals surface area contributed by atoms with E-state index in [-0.39, 0.29) is 11.9 Å². The Labute approximate surface area is 93.5 Å². The van der Waals surface area contributed by atoms with Crippen molar-refractivity contribution in [1.29, 1.82) is 0 Å². The molecule has 2 rings (SSSR count). The predicted molar refractivity (Wildman–Crippen MR) is 57.7 cm³/mol. The molecule has 1 aromatic heterocycles. The van der Waals surface area contributed by atoms with Crippen molar-refractivity contribution in [2.24, 2.45) is 0 Å². The SMILES string of the molecule is O=C(NCCc1ncc[nH]1)C1CC(O)CN1. The smallest absolute Gasteiger partial charge is 0.237 e. The molecule has 4 N–H and O–H groups in total. The molecule has 1 saturated heterocycles. The lowest BCUT2D eigenvalue weighted by atomic mass is 10.2. The Hall–Kier alpha value is -1.40. The highest BCUT2D eigenvalue weighted by Gasteiger charge is 2.27. The van der Waals surface area contributed by atoms with E-state index in [9.17, 15) is 9.90 Å². The largest absolute Gasteiger partial charge is 0.392 e. The zero-order chi connectivity index (χ0) is 11.4. The molecule has 0 bridgehead atoms. The molecule has 1 aliphatic heterocycles. The van der Waals surface area contributed by atoms with Crippen LogP contribution in [0.2, 0.25) is 0 Å². The minimum atomic E-state index is -0.402. The maximum Gasteiger partial charge on any atom is 0.237 e. The van der Waals surface area contributed by atoms with Crippen LogP contribution in [0, 0.1) is 0 Å². The summed E-state index contributed by atoms with van der Waals surface area (Å²) in [5.41, 5.74) is 0. The molecule has 2 atom stereocenters. The Balaban J connectivity index is 1.68. The summed E-state index contributed by atoms with van der Waals surface area (Å²) < 4.78 is 0. The van der Waals surface area contributed by atoms with Crippen molar-refractivity contribution in [3.8, 4) is 0 Å². The lowest BCUT2D eigenvalue weighted by molar-refractivity contribution is -0.122. The van der Waals surface area contributed by atoms with Crippen LogP contribution >= 0.6 is 0 Å². The van der Waals surface area contributed by atoms with Gasteiger partial charge in [0.2, 0.25) is 5.91 Å². The molecule has 1 fully saturated rings. The molecule has 0 spiro atoms. The molecule has 0 radical (unpaired) electrons. The zero-order valence-corrected chi connectivity index (χ0v) is 8.94. The average Bonchev–Trinajstić information content (AvgIpc) is 2.89. The standard InChI is InChI=1S/C10H16N4O2/c15-7-5-8(14-6-7)10(16)13-2-1-9-11-3-4-12-9/h3-4,7-8,14-15H,1-2,5-6H2,(H,11,12)(H,13,16). The topological polar surface area (TPSA) is 90.0 Å². The fourth-order valence-electron chi connectivity index (χ4n) is 1.78. The minimum absolute atomic E-state index is 0.0527. The number of amides is 1. The Bertz CT molecular complexity index is 339. The van der Waals surface area contributed by atoms with Crippen LogP contribution in [-0.2, 0) is 11.2 Å². The van der Waals surface area contributed by atoms with Crippen LogP contribution in [0.5, 0.6) is 0 Å². The lowest BCUT2D eigenvalue weighted by Gasteiger charge is -2.10. The molecule has 1 amide bonds. The van der Waals surface area contributed by atoms with Gasteiger partial charge in [0, 0.05) is 31.9 Å². The van der Waals surface area contributed by atoms with Gasteiger partial charge in [-0.05, 0) is 6.42 Å². The van der Waals surface area contributed by atoms with Crippen molar-refractivity contribution >= 4 is 5.91 Å². The van der Waals surface area contributed by atoms with Gasteiger partial charge in [0.25, 0.3) is 0 Å². The summed E-state index contributed by atoms with van der Waals surface area (Å²) in [6, 6.07) is -0.258. The summed E-state index contributed by atoms with van der Waals surface area (Å²) in [7, 11) is 0. The molecule has 0 saturated carbocycles. The maximum absolute atomic E-state index is 11.6. The van der Waals surface area contributed by atoms with E-state index in [0.717, 1.165) is 5.82 Å². The minimum Gasteiger partial charge on any atom is -0.392 e. The molecule has 0 aliphatic carbocycles. The molecule has 1 aromatic rings. The van der Waals surface area contributed by atoms with E-state index in [0.29, 0.717) is 25.9 Å². The molecular weight excluding hydrogens is 208 g/mol. The summed E-state index contributed by atoms with van der Waals surface area (Å²) in [4.78, 5) is 18.6. The van der Waals surface area contributed by atoms with Crippen molar-refractivity contribution in [3.05, 3.63) is 18.2 Å². The van der Waals surface area contributed by atoms with Crippen molar-refractivity contribution in [2.45, 2.75) is 25.0 Å². The predicted octanol–water partition coefficient (Wildman–Crippen LogP) is -1.21. The Morgan fingerprint density at radius 2 is 2.56 bits per heavy atom. The van der Waals surface area contributed by atoms with Gasteiger partial charge in [-0.2, -0.15) is 0 Å². The number of hydrogen-bond acceptors (Lipinski definition) is 4. The normalized spacial score (nSPS) is 24.6. The molecule has 16 heavy (non-hydrogen) atoms. The highest BCUT2D eigenvalue weighted by molar-refractivity contribution is 5.82. The number of carbonyl (C=O) groups excluding carboxylic acids is 1. The Morgan fingerprint density at radius 1 is 1.69 bits per heavy atom. The zero-order valence-electron chi connectivity index (χ0n) is 8.94. The summed E-state index contributed by atoms with van der Waals surface area (Å²) in [5.74, 6) is 0.808. The van der Waals surface area contributed by atoms with E-state index in [1.807, 2.05) is 0 Å². The maximum atomic E-state index is 11.6. The molecule has 2 unspecified atom stereocenters. The van der Waals surface area contributed by atoms with Gasteiger partial charge in [-0.15, -0.1) is 0 Å².